The molecular weight excluding hydrogens is 200 g/mol. The Labute approximate surface area is 99.5 Å². The summed E-state index contributed by atoms with van der Waals surface area (Å²) in [4.78, 5) is 2.57. The van der Waals surface area contributed by atoms with Gasteiger partial charge in [-0.05, 0) is 46.1 Å². The summed E-state index contributed by atoms with van der Waals surface area (Å²) in [5.41, 5.74) is 0. The molecule has 1 aliphatic carbocycles. The van der Waals surface area contributed by atoms with E-state index in [2.05, 4.69) is 24.1 Å². The van der Waals surface area contributed by atoms with Crippen molar-refractivity contribution < 1.29 is 4.74 Å². The van der Waals surface area contributed by atoms with Gasteiger partial charge in [0.1, 0.15) is 0 Å². The molecule has 0 amide bonds. The molecule has 3 nitrogen and oxygen atoms in total. The van der Waals surface area contributed by atoms with Crippen molar-refractivity contribution in [2.24, 2.45) is 0 Å². The molecule has 1 aliphatic heterocycles. The molecule has 1 saturated heterocycles. The van der Waals surface area contributed by atoms with E-state index in [0.717, 1.165) is 0 Å². The fraction of sp³-hybridized carbons (Fsp3) is 1.00. The lowest BCUT2D eigenvalue weighted by molar-refractivity contribution is 0.106. The lowest BCUT2D eigenvalue weighted by Gasteiger charge is -2.22. The van der Waals surface area contributed by atoms with Crippen LogP contribution in [-0.2, 0) is 4.74 Å². The van der Waals surface area contributed by atoms with E-state index >= 15 is 0 Å². The smallest absolute Gasteiger partial charge is 0.0586 e. The van der Waals surface area contributed by atoms with Gasteiger partial charge < -0.3 is 10.1 Å². The second kappa shape index (κ2) is 5.48. The standard InChI is InChI=1S/C13H26N2O/c1-10(2)15-7-6-12(9-15)14-11-4-5-13(8-11)16-3/h10-14H,4-9H2,1-3H3. The Balaban J connectivity index is 1.71. The summed E-state index contributed by atoms with van der Waals surface area (Å²) in [6.45, 7) is 7.07. The Hall–Kier alpha value is -0.120. The van der Waals surface area contributed by atoms with Crippen LogP contribution in [-0.4, -0.2) is 49.3 Å². The van der Waals surface area contributed by atoms with Crippen LogP contribution in [0.1, 0.15) is 39.5 Å². The Kier molecular flexibility index (Phi) is 4.22. The fourth-order valence-electron chi connectivity index (χ4n) is 3.03. The summed E-state index contributed by atoms with van der Waals surface area (Å²) in [5.74, 6) is 0. The average molecular weight is 226 g/mol. The van der Waals surface area contributed by atoms with Crippen LogP contribution < -0.4 is 5.32 Å². The van der Waals surface area contributed by atoms with Crippen molar-refractivity contribution in [3.05, 3.63) is 0 Å². The van der Waals surface area contributed by atoms with Gasteiger partial charge >= 0.3 is 0 Å². The van der Waals surface area contributed by atoms with E-state index in [4.69, 9.17) is 4.74 Å². The highest BCUT2D eigenvalue weighted by Gasteiger charge is 2.29. The van der Waals surface area contributed by atoms with E-state index in [-0.39, 0.29) is 0 Å². The normalized spacial score (nSPS) is 36.4. The van der Waals surface area contributed by atoms with Crippen LogP contribution in [0.25, 0.3) is 0 Å². The summed E-state index contributed by atoms with van der Waals surface area (Å²) in [5, 5.41) is 3.81. The summed E-state index contributed by atoms with van der Waals surface area (Å²) in [6, 6.07) is 2.10. The molecule has 2 aliphatic rings. The lowest BCUT2D eigenvalue weighted by Crippen LogP contribution is -2.40. The number of ether oxygens (including phenoxy) is 1. The molecule has 2 rings (SSSR count). The molecule has 0 bridgehead atoms. The van der Waals surface area contributed by atoms with Gasteiger partial charge in [-0.25, -0.2) is 0 Å². The number of likely N-dealkylation sites (tertiary alicyclic amines) is 1. The second-order valence-electron chi connectivity index (χ2n) is 5.61. The first kappa shape index (κ1) is 12.3. The van der Waals surface area contributed by atoms with Crippen molar-refractivity contribution in [2.45, 2.75) is 63.8 Å². The zero-order valence-electron chi connectivity index (χ0n) is 10.9. The Morgan fingerprint density at radius 1 is 1.19 bits per heavy atom. The molecule has 0 radical (unpaired) electrons. The van der Waals surface area contributed by atoms with Crippen molar-refractivity contribution in [2.75, 3.05) is 20.2 Å². The lowest BCUT2D eigenvalue weighted by atomic mass is 10.2. The quantitative estimate of drug-likeness (QED) is 0.788. The van der Waals surface area contributed by atoms with Gasteiger partial charge in [0.25, 0.3) is 0 Å². The molecule has 1 saturated carbocycles. The topological polar surface area (TPSA) is 24.5 Å². The van der Waals surface area contributed by atoms with Crippen LogP contribution in [0.5, 0.6) is 0 Å². The van der Waals surface area contributed by atoms with Crippen LogP contribution in [0, 0.1) is 0 Å². The number of hydrogen-bond donors (Lipinski definition) is 1. The summed E-state index contributed by atoms with van der Waals surface area (Å²) in [7, 11) is 1.84. The summed E-state index contributed by atoms with van der Waals surface area (Å²) in [6.07, 6.45) is 5.53. The van der Waals surface area contributed by atoms with Gasteiger partial charge in [0.2, 0.25) is 0 Å². The van der Waals surface area contributed by atoms with E-state index in [9.17, 15) is 0 Å². The number of methoxy groups -OCH3 is 1. The second-order valence-corrected chi connectivity index (χ2v) is 5.61. The maximum absolute atomic E-state index is 5.41. The van der Waals surface area contributed by atoms with Gasteiger partial charge in [0.15, 0.2) is 0 Å². The molecule has 2 fully saturated rings. The minimum Gasteiger partial charge on any atom is -0.381 e. The van der Waals surface area contributed by atoms with Crippen LogP contribution >= 0.6 is 0 Å². The molecule has 0 aromatic carbocycles. The molecule has 3 unspecified atom stereocenters. The van der Waals surface area contributed by atoms with E-state index < -0.39 is 0 Å². The maximum atomic E-state index is 5.41. The fourth-order valence-corrected chi connectivity index (χ4v) is 3.03. The van der Waals surface area contributed by atoms with Gasteiger partial charge in [0, 0.05) is 31.8 Å². The Morgan fingerprint density at radius 3 is 2.56 bits per heavy atom. The monoisotopic (exact) mass is 226 g/mol. The number of hydrogen-bond acceptors (Lipinski definition) is 3. The minimum atomic E-state index is 0.500. The van der Waals surface area contributed by atoms with Crippen molar-refractivity contribution in [1.29, 1.82) is 0 Å². The van der Waals surface area contributed by atoms with E-state index in [0.29, 0.717) is 24.2 Å². The van der Waals surface area contributed by atoms with Gasteiger partial charge in [-0.2, -0.15) is 0 Å². The first-order chi connectivity index (χ1) is 7.69. The molecule has 1 heterocycles. The van der Waals surface area contributed by atoms with Crippen molar-refractivity contribution >= 4 is 0 Å². The third-order valence-electron chi connectivity index (χ3n) is 4.14. The highest BCUT2D eigenvalue weighted by atomic mass is 16.5. The third-order valence-corrected chi connectivity index (χ3v) is 4.14. The predicted molar refractivity (Wildman–Crippen MR) is 66.7 cm³/mol. The number of nitrogens with one attached hydrogen (secondary N) is 1. The third kappa shape index (κ3) is 2.96. The number of rotatable bonds is 4. The largest absolute Gasteiger partial charge is 0.381 e. The highest BCUT2D eigenvalue weighted by molar-refractivity contribution is 4.89. The number of nitrogens with zero attached hydrogens (tertiary/aromatic N) is 1. The molecular formula is C13H26N2O. The van der Waals surface area contributed by atoms with E-state index in [1.54, 1.807) is 0 Å². The SMILES string of the molecule is COC1CCC(NC2CCN(C(C)C)C2)C1. The van der Waals surface area contributed by atoms with Gasteiger partial charge in [-0.3, -0.25) is 4.90 Å². The summed E-state index contributed by atoms with van der Waals surface area (Å²) < 4.78 is 5.41. The van der Waals surface area contributed by atoms with Crippen LogP contribution in [0.2, 0.25) is 0 Å². The maximum Gasteiger partial charge on any atom is 0.0586 e. The molecule has 0 aromatic rings. The zero-order valence-corrected chi connectivity index (χ0v) is 10.9. The van der Waals surface area contributed by atoms with Gasteiger partial charge in [-0.1, -0.05) is 0 Å². The average Bonchev–Trinajstić information content (AvgIpc) is 2.87. The summed E-state index contributed by atoms with van der Waals surface area (Å²) >= 11 is 0. The molecule has 94 valence electrons. The molecule has 0 spiro atoms. The van der Waals surface area contributed by atoms with Crippen LogP contribution in [0.3, 0.4) is 0 Å². The van der Waals surface area contributed by atoms with Crippen LogP contribution in [0.15, 0.2) is 0 Å². The molecule has 1 N–H and O–H groups in total. The van der Waals surface area contributed by atoms with Crippen LogP contribution in [0.4, 0.5) is 0 Å². The Morgan fingerprint density at radius 2 is 2.00 bits per heavy atom. The van der Waals surface area contributed by atoms with Gasteiger partial charge in [0.05, 0.1) is 6.10 Å². The first-order valence-corrected chi connectivity index (χ1v) is 6.72. The molecule has 16 heavy (non-hydrogen) atoms. The minimum absolute atomic E-state index is 0.500. The van der Waals surface area contributed by atoms with E-state index in [1.807, 2.05) is 7.11 Å². The van der Waals surface area contributed by atoms with Crippen molar-refractivity contribution in [1.82, 2.24) is 10.2 Å². The zero-order chi connectivity index (χ0) is 11.5. The van der Waals surface area contributed by atoms with Crippen molar-refractivity contribution in [3.63, 3.8) is 0 Å². The Bertz CT molecular complexity index is 220. The molecule has 3 heteroatoms. The molecule has 3 atom stereocenters. The highest BCUT2D eigenvalue weighted by Crippen LogP contribution is 2.23. The van der Waals surface area contributed by atoms with Gasteiger partial charge in [-0.15, -0.1) is 0 Å². The first-order valence-electron chi connectivity index (χ1n) is 6.72. The predicted octanol–water partition coefficient (Wildman–Crippen LogP) is 1.63. The van der Waals surface area contributed by atoms with Crippen molar-refractivity contribution in [3.8, 4) is 0 Å². The van der Waals surface area contributed by atoms with E-state index in [1.165, 1.54) is 38.8 Å². The molecule has 0 aromatic heterocycles.